The molecule has 3 amide bonds. The Hall–Kier alpha value is -3.15. The lowest BCUT2D eigenvalue weighted by atomic mass is 10.1. The van der Waals surface area contributed by atoms with Crippen LogP contribution < -0.4 is 15.5 Å². The Morgan fingerprint density at radius 3 is 2.06 bits per heavy atom. The molecule has 2 aromatic rings. The molecule has 0 saturated heterocycles. The van der Waals surface area contributed by atoms with Crippen LogP contribution in [0.15, 0.2) is 42.5 Å². The minimum absolute atomic E-state index is 0.0673. The number of rotatable bonds is 10. The Balaban J connectivity index is 1.92. The van der Waals surface area contributed by atoms with E-state index in [0.717, 1.165) is 48.2 Å². The zero-order chi connectivity index (χ0) is 22.8. The zero-order valence-electron chi connectivity index (χ0n) is 19.0. The highest BCUT2D eigenvalue weighted by Crippen LogP contribution is 2.31. The summed E-state index contributed by atoms with van der Waals surface area (Å²) in [5, 5.41) is 5.55. The molecule has 2 aromatic carbocycles. The number of amides is 3. The fraction of sp³-hybridized carbons (Fsp3) is 0.400. The molecule has 6 heteroatoms. The molecule has 0 aromatic heterocycles. The Labute approximate surface area is 185 Å². The minimum atomic E-state index is -0.127. The lowest BCUT2D eigenvalue weighted by Gasteiger charge is -2.25. The number of para-hydroxylation sites is 1. The van der Waals surface area contributed by atoms with Gasteiger partial charge in [0.25, 0.3) is 5.91 Å². The maximum atomic E-state index is 12.4. The molecule has 2 N–H and O–H groups in total. The molecule has 0 bridgehead atoms. The van der Waals surface area contributed by atoms with E-state index < -0.39 is 0 Å². The van der Waals surface area contributed by atoms with Crippen LogP contribution in [0.1, 0.15) is 60.5 Å². The quantitative estimate of drug-likeness (QED) is 0.556. The SMILES string of the molecule is CNC(=O)CCCCCCNC(=O)c1ccc(N(C(C)=O)c2c(C)cccc2C)cc1. The molecule has 0 aliphatic carbocycles. The number of aryl methyl sites for hydroxylation is 2. The van der Waals surface area contributed by atoms with Crippen LogP contribution in [0, 0.1) is 13.8 Å². The maximum absolute atomic E-state index is 12.4. The smallest absolute Gasteiger partial charge is 0.251 e. The summed E-state index contributed by atoms with van der Waals surface area (Å²) in [4.78, 5) is 37.7. The molecule has 0 fully saturated rings. The van der Waals surface area contributed by atoms with E-state index in [9.17, 15) is 14.4 Å². The van der Waals surface area contributed by atoms with E-state index in [4.69, 9.17) is 0 Å². The van der Waals surface area contributed by atoms with Crippen molar-refractivity contribution < 1.29 is 14.4 Å². The van der Waals surface area contributed by atoms with Gasteiger partial charge in [0, 0.05) is 38.2 Å². The third-order valence-electron chi connectivity index (χ3n) is 5.26. The van der Waals surface area contributed by atoms with E-state index in [2.05, 4.69) is 10.6 Å². The van der Waals surface area contributed by atoms with Crippen LogP contribution in [-0.4, -0.2) is 31.3 Å². The van der Waals surface area contributed by atoms with Crippen molar-refractivity contribution in [2.75, 3.05) is 18.5 Å². The van der Waals surface area contributed by atoms with Crippen molar-refractivity contribution in [3.63, 3.8) is 0 Å². The van der Waals surface area contributed by atoms with Gasteiger partial charge >= 0.3 is 0 Å². The van der Waals surface area contributed by atoms with E-state index in [-0.39, 0.29) is 17.7 Å². The number of anilines is 2. The van der Waals surface area contributed by atoms with E-state index in [1.807, 2.05) is 32.0 Å². The first-order valence-corrected chi connectivity index (χ1v) is 10.8. The normalized spacial score (nSPS) is 10.5. The lowest BCUT2D eigenvalue weighted by Crippen LogP contribution is -2.26. The number of carbonyl (C=O) groups is 3. The molecular formula is C25H33N3O3. The average molecular weight is 424 g/mol. The van der Waals surface area contributed by atoms with E-state index in [0.29, 0.717) is 18.5 Å². The van der Waals surface area contributed by atoms with Gasteiger partial charge in [-0.25, -0.2) is 0 Å². The number of benzene rings is 2. The van der Waals surface area contributed by atoms with Gasteiger partial charge in [0.05, 0.1) is 5.69 Å². The van der Waals surface area contributed by atoms with Crippen LogP contribution in [0.3, 0.4) is 0 Å². The summed E-state index contributed by atoms with van der Waals surface area (Å²) in [6.07, 6.45) is 4.23. The highest BCUT2D eigenvalue weighted by atomic mass is 16.2. The first-order chi connectivity index (χ1) is 14.8. The molecule has 0 unspecified atom stereocenters. The van der Waals surface area contributed by atoms with Gasteiger partial charge in [-0.2, -0.15) is 0 Å². The number of hydrogen-bond acceptors (Lipinski definition) is 3. The molecular weight excluding hydrogens is 390 g/mol. The van der Waals surface area contributed by atoms with Gasteiger partial charge in [-0.3, -0.25) is 19.3 Å². The predicted molar refractivity (Wildman–Crippen MR) is 125 cm³/mol. The highest BCUT2D eigenvalue weighted by Gasteiger charge is 2.18. The number of carbonyl (C=O) groups excluding carboxylic acids is 3. The third kappa shape index (κ3) is 6.95. The predicted octanol–water partition coefficient (Wildman–Crippen LogP) is 4.41. The summed E-state index contributed by atoms with van der Waals surface area (Å²) in [6.45, 7) is 6.11. The molecule has 0 saturated carbocycles. The molecule has 0 aliphatic rings. The molecule has 0 aliphatic heterocycles. The largest absolute Gasteiger partial charge is 0.359 e. The summed E-state index contributed by atoms with van der Waals surface area (Å²) in [6, 6.07) is 13.1. The van der Waals surface area contributed by atoms with E-state index in [1.165, 1.54) is 0 Å². The van der Waals surface area contributed by atoms with Gasteiger partial charge in [-0.15, -0.1) is 0 Å². The Bertz CT molecular complexity index is 886. The number of unbranched alkanes of at least 4 members (excludes halogenated alkanes) is 3. The molecule has 6 nitrogen and oxygen atoms in total. The average Bonchev–Trinajstić information content (AvgIpc) is 2.75. The second kappa shape index (κ2) is 11.9. The zero-order valence-corrected chi connectivity index (χ0v) is 19.0. The maximum Gasteiger partial charge on any atom is 0.251 e. The van der Waals surface area contributed by atoms with E-state index in [1.54, 1.807) is 43.1 Å². The number of hydrogen-bond donors (Lipinski definition) is 2. The van der Waals surface area contributed by atoms with Crippen molar-refractivity contribution in [1.82, 2.24) is 10.6 Å². The molecule has 166 valence electrons. The summed E-state index contributed by atoms with van der Waals surface area (Å²) in [5.41, 5.74) is 4.22. The van der Waals surface area contributed by atoms with Gasteiger partial charge in [-0.05, 0) is 62.1 Å². The van der Waals surface area contributed by atoms with Crippen LogP contribution >= 0.6 is 0 Å². The van der Waals surface area contributed by atoms with Crippen molar-refractivity contribution in [1.29, 1.82) is 0 Å². The van der Waals surface area contributed by atoms with Gasteiger partial charge in [0.2, 0.25) is 11.8 Å². The van der Waals surface area contributed by atoms with Crippen LogP contribution in [0.4, 0.5) is 11.4 Å². The first-order valence-electron chi connectivity index (χ1n) is 10.8. The van der Waals surface area contributed by atoms with Crippen LogP contribution in [0.25, 0.3) is 0 Å². The Morgan fingerprint density at radius 1 is 0.871 bits per heavy atom. The van der Waals surface area contributed by atoms with Crippen molar-refractivity contribution in [3.8, 4) is 0 Å². The van der Waals surface area contributed by atoms with Gasteiger partial charge in [0.1, 0.15) is 0 Å². The molecule has 0 heterocycles. The van der Waals surface area contributed by atoms with Gasteiger partial charge in [-0.1, -0.05) is 31.0 Å². The Kier molecular flexibility index (Phi) is 9.25. The molecule has 0 atom stereocenters. The fourth-order valence-electron chi connectivity index (χ4n) is 3.58. The third-order valence-corrected chi connectivity index (χ3v) is 5.26. The van der Waals surface area contributed by atoms with Gasteiger partial charge < -0.3 is 10.6 Å². The fourth-order valence-corrected chi connectivity index (χ4v) is 3.58. The van der Waals surface area contributed by atoms with Gasteiger partial charge in [0.15, 0.2) is 0 Å². The van der Waals surface area contributed by atoms with Crippen molar-refractivity contribution in [2.24, 2.45) is 0 Å². The van der Waals surface area contributed by atoms with Crippen molar-refractivity contribution >= 4 is 29.1 Å². The standard InChI is InChI=1S/C25H33N3O3/c1-18-10-9-11-19(2)24(18)28(20(3)29)22-15-13-21(14-16-22)25(31)27-17-8-6-5-7-12-23(30)26-4/h9-11,13-16H,5-8,12,17H2,1-4H3,(H,26,30)(H,27,31). The van der Waals surface area contributed by atoms with Crippen LogP contribution in [0.2, 0.25) is 0 Å². The summed E-state index contributed by atoms with van der Waals surface area (Å²) in [7, 11) is 1.64. The van der Waals surface area contributed by atoms with E-state index >= 15 is 0 Å². The second-order valence-corrected chi connectivity index (χ2v) is 7.74. The number of nitrogens with one attached hydrogen (secondary N) is 2. The Morgan fingerprint density at radius 2 is 1.48 bits per heavy atom. The van der Waals surface area contributed by atoms with Crippen molar-refractivity contribution in [3.05, 3.63) is 59.2 Å². The monoisotopic (exact) mass is 423 g/mol. The number of nitrogens with zero attached hydrogens (tertiary/aromatic N) is 1. The second-order valence-electron chi connectivity index (χ2n) is 7.74. The summed E-state index contributed by atoms with van der Waals surface area (Å²) >= 11 is 0. The molecule has 0 radical (unpaired) electrons. The van der Waals surface area contributed by atoms with Crippen molar-refractivity contribution in [2.45, 2.75) is 52.9 Å². The summed E-state index contributed by atoms with van der Waals surface area (Å²) in [5.74, 6) is -0.137. The van der Waals surface area contributed by atoms with Crippen LogP contribution in [0.5, 0.6) is 0 Å². The molecule has 31 heavy (non-hydrogen) atoms. The minimum Gasteiger partial charge on any atom is -0.359 e. The van der Waals surface area contributed by atoms with Crippen LogP contribution in [-0.2, 0) is 9.59 Å². The molecule has 0 spiro atoms. The summed E-state index contributed by atoms with van der Waals surface area (Å²) < 4.78 is 0. The highest BCUT2D eigenvalue weighted by molar-refractivity contribution is 6.01. The lowest BCUT2D eigenvalue weighted by molar-refractivity contribution is -0.120. The first kappa shape index (κ1) is 24.1. The topological polar surface area (TPSA) is 78.5 Å². The molecule has 2 rings (SSSR count).